The predicted molar refractivity (Wildman–Crippen MR) is 125 cm³/mol. The van der Waals surface area contributed by atoms with E-state index in [0.29, 0.717) is 25.2 Å². The van der Waals surface area contributed by atoms with Gasteiger partial charge in [-0.25, -0.2) is 4.99 Å². The molecule has 0 spiro atoms. The number of hydrogen-bond donors (Lipinski definition) is 3. The zero-order valence-electron chi connectivity index (χ0n) is 17.5. The van der Waals surface area contributed by atoms with Gasteiger partial charge in [0.05, 0.1) is 17.6 Å². The summed E-state index contributed by atoms with van der Waals surface area (Å²) in [7, 11) is 0. The van der Waals surface area contributed by atoms with Crippen LogP contribution in [0, 0.1) is 4.77 Å². The van der Waals surface area contributed by atoms with Gasteiger partial charge in [-0.1, -0.05) is 48.5 Å². The lowest BCUT2D eigenvalue weighted by atomic mass is 10.1. The molecule has 8 heteroatoms. The third-order valence-corrected chi connectivity index (χ3v) is 5.52. The molecule has 0 saturated carbocycles. The van der Waals surface area contributed by atoms with E-state index in [9.17, 15) is 14.7 Å². The molecule has 2 aromatic carbocycles. The Labute approximate surface area is 189 Å². The average Bonchev–Trinajstić information content (AvgIpc) is 3.12. The number of carbonyl (C=O) groups excluding carboxylic acids is 1. The van der Waals surface area contributed by atoms with Crippen molar-refractivity contribution in [3.8, 4) is 5.88 Å². The minimum atomic E-state index is -0.489. The number of carbonyl (C=O) groups is 1. The van der Waals surface area contributed by atoms with E-state index in [-0.39, 0.29) is 22.1 Å². The number of nitrogens with one attached hydrogen (secondary N) is 2. The number of fused-ring (bicyclic) bond motifs is 1. The molecule has 1 amide bonds. The van der Waals surface area contributed by atoms with E-state index >= 15 is 0 Å². The highest BCUT2D eigenvalue weighted by Crippen LogP contribution is 2.24. The second kappa shape index (κ2) is 9.15. The van der Waals surface area contributed by atoms with Crippen LogP contribution in [0.3, 0.4) is 0 Å². The lowest BCUT2D eigenvalue weighted by Gasteiger charge is -2.12. The molecule has 1 aromatic heterocycles. The van der Waals surface area contributed by atoms with Gasteiger partial charge in [-0.2, -0.15) is 0 Å². The van der Waals surface area contributed by atoms with Crippen LogP contribution in [-0.4, -0.2) is 27.1 Å². The Morgan fingerprint density at radius 1 is 1.19 bits per heavy atom. The normalized spacial score (nSPS) is 13.7. The molecule has 1 aliphatic heterocycles. The standard InChI is InChI=1S/C24H22N4O3S/c1-15(29)25-12-11-18-17-9-5-6-10-20(17)26-21(18)13-19-22(30)27-24(32)28(23(19)31)14-16-7-3-2-4-8-16/h2-10,13,31H,11-12,14H2,1H3,(H,25,29)(H,27,30,32)/b21-13-. The van der Waals surface area contributed by atoms with Crippen LogP contribution in [-0.2, 0) is 11.3 Å². The summed E-state index contributed by atoms with van der Waals surface area (Å²) >= 11 is 5.29. The Kier molecular flexibility index (Phi) is 6.13. The summed E-state index contributed by atoms with van der Waals surface area (Å²) in [6.45, 7) is 2.22. The van der Waals surface area contributed by atoms with Gasteiger partial charge < -0.3 is 10.4 Å². The van der Waals surface area contributed by atoms with Gasteiger partial charge in [-0.15, -0.1) is 0 Å². The van der Waals surface area contributed by atoms with Gasteiger partial charge in [0.2, 0.25) is 11.8 Å². The van der Waals surface area contributed by atoms with Crippen molar-refractivity contribution in [3.05, 3.63) is 97.1 Å². The topological polar surface area (TPSA) is 99.5 Å². The highest BCUT2D eigenvalue weighted by molar-refractivity contribution is 7.71. The number of benzene rings is 2. The van der Waals surface area contributed by atoms with Crippen LogP contribution in [0.1, 0.15) is 24.5 Å². The van der Waals surface area contributed by atoms with E-state index in [1.807, 2.05) is 54.6 Å². The number of aromatic nitrogens is 2. The molecule has 0 saturated heterocycles. The minimum Gasteiger partial charge on any atom is -0.494 e. The van der Waals surface area contributed by atoms with Crippen molar-refractivity contribution in [2.75, 3.05) is 6.54 Å². The molecule has 3 N–H and O–H groups in total. The lowest BCUT2D eigenvalue weighted by molar-refractivity contribution is -0.118. The first-order chi connectivity index (χ1) is 15.4. The van der Waals surface area contributed by atoms with Gasteiger partial charge in [0, 0.05) is 18.7 Å². The fraction of sp³-hybridized carbons (Fsp3) is 0.167. The summed E-state index contributed by atoms with van der Waals surface area (Å²) in [5.41, 5.74) is 1.99. The average molecular weight is 447 g/mol. The van der Waals surface area contributed by atoms with Crippen molar-refractivity contribution in [1.29, 1.82) is 0 Å². The quantitative estimate of drug-likeness (QED) is 0.505. The second-order valence-corrected chi connectivity index (χ2v) is 7.83. The number of aromatic hydroxyl groups is 1. The third kappa shape index (κ3) is 4.45. The first kappa shape index (κ1) is 21.5. The molecule has 1 aliphatic rings. The Balaban J connectivity index is 1.79. The van der Waals surface area contributed by atoms with Gasteiger partial charge in [0.15, 0.2) is 4.77 Å². The molecule has 4 rings (SSSR count). The molecule has 3 aromatic rings. The largest absolute Gasteiger partial charge is 0.494 e. The Morgan fingerprint density at radius 2 is 1.91 bits per heavy atom. The number of nitrogens with zero attached hydrogens (tertiary/aromatic N) is 2. The molecular formula is C24H22N4O3S. The number of aromatic amines is 1. The molecule has 0 fully saturated rings. The molecular weight excluding hydrogens is 424 g/mol. The number of para-hydroxylation sites is 1. The van der Waals surface area contributed by atoms with Crippen LogP contribution in [0.15, 0.2) is 70.1 Å². The summed E-state index contributed by atoms with van der Waals surface area (Å²) < 4.78 is 1.62. The van der Waals surface area contributed by atoms with Crippen molar-refractivity contribution in [1.82, 2.24) is 14.9 Å². The van der Waals surface area contributed by atoms with Gasteiger partial charge >= 0.3 is 0 Å². The van der Waals surface area contributed by atoms with Crippen LogP contribution < -0.4 is 21.5 Å². The third-order valence-electron chi connectivity index (χ3n) is 5.20. The summed E-state index contributed by atoms with van der Waals surface area (Å²) in [6, 6.07) is 17.2. The molecule has 7 nitrogen and oxygen atoms in total. The zero-order valence-corrected chi connectivity index (χ0v) is 18.3. The number of amides is 1. The Morgan fingerprint density at radius 3 is 2.66 bits per heavy atom. The second-order valence-electron chi connectivity index (χ2n) is 7.44. The molecule has 0 aliphatic carbocycles. The number of hydrogen-bond acceptors (Lipinski definition) is 5. The van der Waals surface area contributed by atoms with Crippen molar-refractivity contribution in [2.45, 2.75) is 19.9 Å². The highest BCUT2D eigenvalue weighted by atomic mass is 32.1. The molecule has 162 valence electrons. The van der Waals surface area contributed by atoms with Gasteiger partial charge in [0.1, 0.15) is 5.56 Å². The molecule has 32 heavy (non-hydrogen) atoms. The monoisotopic (exact) mass is 446 g/mol. The van der Waals surface area contributed by atoms with E-state index in [1.54, 1.807) is 6.08 Å². The van der Waals surface area contributed by atoms with Crippen LogP contribution in [0.25, 0.3) is 11.6 Å². The fourth-order valence-corrected chi connectivity index (χ4v) is 3.91. The SMILES string of the molecule is CC(=O)NCCC1=c2ccccc2=N/C1=C\c1c(O)n(Cc2ccccc2)c(=S)[nH]c1=O. The number of rotatable bonds is 6. The molecule has 0 atom stereocenters. The molecule has 0 unspecified atom stereocenters. The number of allylic oxidation sites excluding steroid dienone is 1. The summed E-state index contributed by atoms with van der Waals surface area (Å²) in [6.07, 6.45) is 2.11. The first-order valence-corrected chi connectivity index (χ1v) is 10.6. The maximum Gasteiger partial charge on any atom is 0.262 e. The summed E-state index contributed by atoms with van der Waals surface area (Å²) in [5, 5.41) is 15.5. The van der Waals surface area contributed by atoms with E-state index in [2.05, 4.69) is 15.3 Å². The van der Waals surface area contributed by atoms with Crippen molar-refractivity contribution < 1.29 is 9.90 Å². The van der Waals surface area contributed by atoms with Crippen LogP contribution in [0.4, 0.5) is 0 Å². The van der Waals surface area contributed by atoms with E-state index < -0.39 is 5.56 Å². The maximum atomic E-state index is 12.7. The Bertz CT molecular complexity index is 1450. The van der Waals surface area contributed by atoms with E-state index in [1.165, 1.54) is 11.5 Å². The fourth-order valence-electron chi connectivity index (χ4n) is 3.66. The highest BCUT2D eigenvalue weighted by Gasteiger charge is 2.17. The minimum absolute atomic E-state index is 0.0816. The van der Waals surface area contributed by atoms with Crippen LogP contribution >= 0.6 is 12.2 Å². The lowest BCUT2D eigenvalue weighted by Crippen LogP contribution is -2.25. The van der Waals surface area contributed by atoms with Gasteiger partial charge in [-0.3, -0.25) is 19.1 Å². The predicted octanol–water partition coefficient (Wildman–Crippen LogP) is 2.01. The maximum absolute atomic E-state index is 12.7. The van der Waals surface area contributed by atoms with Gasteiger partial charge in [0.25, 0.3) is 5.56 Å². The van der Waals surface area contributed by atoms with E-state index in [0.717, 1.165) is 21.7 Å². The molecule has 2 heterocycles. The smallest absolute Gasteiger partial charge is 0.262 e. The molecule has 0 bridgehead atoms. The van der Waals surface area contributed by atoms with Crippen LogP contribution in [0.5, 0.6) is 5.88 Å². The number of H-pyrrole nitrogens is 1. The Hall–Kier alpha value is -3.78. The van der Waals surface area contributed by atoms with Gasteiger partial charge in [-0.05, 0) is 41.9 Å². The molecule has 0 radical (unpaired) electrons. The zero-order chi connectivity index (χ0) is 22.7. The first-order valence-electron chi connectivity index (χ1n) is 10.2. The van der Waals surface area contributed by atoms with Crippen molar-refractivity contribution >= 4 is 29.8 Å². The van der Waals surface area contributed by atoms with Crippen molar-refractivity contribution in [3.63, 3.8) is 0 Å². The van der Waals surface area contributed by atoms with Crippen LogP contribution in [0.2, 0.25) is 0 Å². The summed E-state index contributed by atoms with van der Waals surface area (Å²) in [5.74, 6) is -0.334. The van der Waals surface area contributed by atoms with Crippen molar-refractivity contribution in [2.24, 2.45) is 4.99 Å². The summed E-state index contributed by atoms with van der Waals surface area (Å²) in [4.78, 5) is 31.3. The van der Waals surface area contributed by atoms with E-state index in [4.69, 9.17) is 12.2 Å².